The van der Waals surface area contributed by atoms with Crippen molar-refractivity contribution in [2.45, 2.75) is 18.2 Å². The fourth-order valence-electron chi connectivity index (χ4n) is 2.39. The van der Waals surface area contributed by atoms with Crippen molar-refractivity contribution >= 4 is 11.8 Å². The van der Waals surface area contributed by atoms with Crippen molar-refractivity contribution in [1.82, 2.24) is 0 Å². The van der Waals surface area contributed by atoms with Gasteiger partial charge in [-0.2, -0.15) is 0 Å². The molecule has 0 aromatic heterocycles. The van der Waals surface area contributed by atoms with Crippen LogP contribution in [-0.4, -0.2) is 6.26 Å². The Hall–Kier alpha value is -1.21. The lowest BCUT2D eigenvalue weighted by Crippen LogP contribution is -1.80. The van der Waals surface area contributed by atoms with Crippen molar-refractivity contribution in [3.8, 4) is 11.1 Å². The number of benzene rings is 2. The molecular formula is C15H14S. The largest absolute Gasteiger partial charge is 0.130 e. The maximum absolute atomic E-state index is 2.32. The predicted octanol–water partition coefficient (Wildman–Crippen LogP) is 4.29. The number of thioether (sulfide) groups is 1. The van der Waals surface area contributed by atoms with E-state index in [1.807, 2.05) is 11.8 Å². The van der Waals surface area contributed by atoms with Gasteiger partial charge in [0.25, 0.3) is 0 Å². The smallest absolute Gasteiger partial charge is 0.00755 e. The Balaban J connectivity index is 2.22. The highest BCUT2D eigenvalue weighted by molar-refractivity contribution is 7.98. The first kappa shape index (κ1) is 9.98. The van der Waals surface area contributed by atoms with E-state index in [2.05, 4.69) is 49.6 Å². The summed E-state index contributed by atoms with van der Waals surface area (Å²) in [5.41, 5.74) is 7.16. The standard InChI is InChI=1S/C15H14S/c1-10-3-4-11-8-12-5-6-13(16-2)9-15(12)14(11)7-10/h3-7,9H,8H2,1-2H3. The maximum Gasteiger partial charge on any atom is 0.00755 e. The average molecular weight is 226 g/mol. The number of aryl methyl sites for hydroxylation is 1. The van der Waals surface area contributed by atoms with Crippen LogP contribution in [0.3, 0.4) is 0 Å². The summed E-state index contributed by atoms with van der Waals surface area (Å²) in [6, 6.07) is 13.6. The Kier molecular flexibility index (Phi) is 2.29. The molecule has 0 spiro atoms. The summed E-state index contributed by atoms with van der Waals surface area (Å²) in [4.78, 5) is 1.35. The first-order valence-corrected chi connectivity index (χ1v) is 6.77. The van der Waals surface area contributed by atoms with E-state index >= 15 is 0 Å². The van der Waals surface area contributed by atoms with Gasteiger partial charge in [-0.3, -0.25) is 0 Å². The number of fused-ring (bicyclic) bond motifs is 3. The molecule has 16 heavy (non-hydrogen) atoms. The molecule has 0 unspecified atom stereocenters. The average Bonchev–Trinajstić information content (AvgIpc) is 2.66. The molecule has 0 amide bonds. The minimum Gasteiger partial charge on any atom is -0.130 e. The molecule has 0 nitrogen and oxygen atoms in total. The molecule has 0 radical (unpaired) electrons. The van der Waals surface area contributed by atoms with Crippen LogP contribution < -0.4 is 0 Å². The molecule has 2 aromatic rings. The quantitative estimate of drug-likeness (QED) is 0.558. The van der Waals surface area contributed by atoms with Crippen molar-refractivity contribution in [2.24, 2.45) is 0 Å². The lowest BCUT2D eigenvalue weighted by atomic mass is 10.0. The van der Waals surface area contributed by atoms with Gasteiger partial charge in [0.15, 0.2) is 0 Å². The van der Waals surface area contributed by atoms with E-state index in [1.54, 1.807) is 0 Å². The first-order chi connectivity index (χ1) is 7.78. The summed E-state index contributed by atoms with van der Waals surface area (Å²) in [6.45, 7) is 2.16. The van der Waals surface area contributed by atoms with Gasteiger partial charge in [-0.15, -0.1) is 11.8 Å². The second-order valence-electron chi connectivity index (χ2n) is 4.36. The predicted molar refractivity (Wildman–Crippen MR) is 71.2 cm³/mol. The van der Waals surface area contributed by atoms with E-state index in [0.717, 1.165) is 6.42 Å². The van der Waals surface area contributed by atoms with Gasteiger partial charge < -0.3 is 0 Å². The molecule has 0 bridgehead atoms. The van der Waals surface area contributed by atoms with Crippen LogP contribution in [0.25, 0.3) is 11.1 Å². The van der Waals surface area contributed by atoms with E-state index in [9.17, 15) is 0 Å². The summed E-state index contributed by atoms with van der Waals surface area (Å²) in [5.74, 6) is 0. The van der Waals surface area contributed by atoms with E-state index in [1.165, 1.54) is 32.7 Å². The molecule has 0 fully saturated rings. The second-order valence-corrected chi connectivity index (χ2v) is 5.24. The van der Waals surface area contributed by atoms with Crippen LogP contribution in [0.4, 0.5) is 0 Å². The minimum atomic E-state index is 1.10. The zero-order valence-corrected chi connectivity index (χ0v) is 10.4. The zero-order valence-electron chi connectivity index (χ0n) is 9.58. The molecule has 0 atom stereocenters. The van der Waals surface area contributed by atoms with Gasteiger partial charge >= 0.3 is 0 Å². The van der Waals surface area contributed by atoms with E-state index in [0.29, 0.717) is 0 Å². The Morgan fingerprint density at radius 3 is 2.38 bits per heavy atom. The molecule has 0 saturated heterocycles. The van der Waals surface area contributed by atoms with E-state index in [-0.39, 0.29) is 0 Å². The zero-order chi connectivity index (χ0) is 11.1. The Labute approximate surface area is 101 Å². The summed E-state index contributed by atoms with van der Waals surface area (Å²) in [7, 11) is 0. The lowest BCUT2D eigenvalue weighted by Gasteiger charge is -2.04. The van der Waals surface area contributed by atoms with Crippen LogP contribution in [0.1, 0.15) is 16.7 Å². The van der Waals surface area contributed by atoms with Crippen LogP contribution in [0.15, 0.2) is 41.3 Å². The number of hydrogen-bond donors (Lipinski definition) is 0. The summed E-state index contributed by atoms with van der Waals surface area (Å²) in [6.07, 6.45) is 3.23. The Morgan fingerprint density at radius 1 is 0.938 bits per heavy atom. The highest BCUT2D eigenvalue weighted by Gasteiger charge is 2.18. The van der Waals surface area contributed by atoms with Gasteiger partial charge in [-0.05, 0) is 54.0 Å². The van der Waals surface area contributed by atoms with Gasteiger partial charge in [-0.25, -0.2) is 0 Å². The van der Waals surface area contributed by atoms with Crippen molar-refractivity contribution in [3.63, 3.8) is 0 Å². The van der Waals surface area contributed by atoms with Crippen LogP contribution in [0.5, 0.6) is 0 Å². The van der Waals surface area contributed by atoms with Crippen molar-refractivity contribution in [3.05, 3.63) is 53.1 Å². The highest BCUT2D eigenvalue weighted by atomic mass is 32.2. The monoisotopic (exact) mass is 226 g/mol. The second kappa shape index (κ2) is 3.67. The van der Waals surface area contributed by atoms with E-state index < -0.39 is 0 Å². The molecule has 2 aromatic carbocycles. The molecule has 0 heterocycles. The summed E-state index contributed by atoms with van der Waals surface area (Å²) >= 11 is 1.81. The fourth-order valence-corrected chi connectivity index (χ4v) is 2.83. The third-order valence-corrected chi connectivity index (χ3v) is 3.98. The molecule has 1 aliphatic carbocycles. The van der Waals surface area contributed by atoms with Gasteiger partial charge in [0, 0.05) is 4.90 Å². The topological polar surface area (TPSA) is 0 Å². The molecule has 0 aliphatic heterocycles. The fraction of sp³-hybridized carbons (Fsp3) is 0.200. The molecule has 80 valence electrons. The molecule has 1 heteroatoms. The van der Waals surface area contributed by atoms with Gasteiger partial charge in [0.05, 0.1) is 0 Å². The third-order valence-electron chi connectivity index (χ3n) is 3.25. The van der Waals surface area contributed by atoms with Crippen LogP contribution in [0.2, 0.25) is 0 Å². The third kappa shape index (κ3) is 1.47. The van der Waals surface area contributed by atoms with Gasteiger partial charge in [-0.1, -0.05) is 29.8 Å². The van der Waals surface area contributed by atoms with Gasteiger partial charge in [0.2, 0.25) is 0 Å². The molecule has 0 N–H and O–H groups in total. The normalized spacial score (nSPS) is 12.4. The summed E-state index contributed by atoms with van der Waals surface area (Å²) in [5, 5.41) is 0. The van der Waals surface area contributed by atoms with Crippen LogP contribution in [0, 0.1) is 6.92 Å². The first-order valence-electron chi connectivity index (χ1n) is 5.55. The molecule has 3 rings (SSSR count). The maximum atomic E-state index is 2.32. The molecule has 0 saturated carbocycles. The summed E-state index contributed by atoms with van der Waals surface area (Å²) < 4.78 is 0. The van der Waals surface area contributed by atoms with E-state index in [4.69, 9.17) is 0 Å². The lowest BCUT2D eigenvalue weighted by molar-refractivity contribution is 1.25. The van der Waals surface area contributed by atoms with Crippen molar-refractivity contribution in [2.75, 3.05) is 6.26 Å². The SMILES string of the molecule is CSc1ccc2c(c1)-c1cc(C)ccc1C2. The van der Waals surface area contributed by atoms with Crippen LogP contribution in [-0.2, 0) is 6.42 Å². The van der Waals surface area contributed by atoms with Crippen molar-refractivity contribution in [1.29, 1.82) is 0 Å². The minimum absolute atomic E-state index is 1.10. The molecule has 1 aliphatic rings. The number of hydrogen-bond acceptors (Lipinski definition) is 1. The number of rotatable bonds is 1. The highest BCUT2D eigenvalue weighted by Crippen LogP contribution is 2.38. The van der Waals surface area contributed by atoms with Crippen LogP contribution >= 0.6 is 11.8 Å². The Bertz CT molecular complexity index is 555. The molecular weight excluding hydrogens is 212 g/mol. The van der Waals surface area contributed by atoms with Gasteiger partial charge in [0.1, 0.15) is 0 Å². The Morgan fingerprint density at radius 2 is 1.62 bits per heavy atom. The van der Waals surface area contributed by atoms with Crippen molar-refractivity contribution < 1.29 is 0 Å².